The Morgan fingerprint density at radius 2 is 2.00 bits per heavy atom. The minimum Gasteiger partial charge on any atom is -0.383 e. The van der Waals surface area contributed by atoms with Crippen molar-refractivity contribution in [3.63, 3.8) is 0 Å². The standard InChI is InChI=1S/C11H15N5S/c1-6-10(12)14-7(2)15-11(6)13-4-9-5-17-8(3)16-9/h5H,4H2,1-3H3,(H3,12,13,14,15). The van der Waals surface area contributed by atoms with Gasteiger partial charge in [-0.05, 0) is 20.8 Å². The number of anilines is 2. The summed E-state index contributed by atoms with van der Waals surface area (Å²) >= 11 is 1.64. The summed E-state index contributed by atoms with van der Waals surface area (Å²) in [6, 6.07) is 0. The van der Waals surface area contributed by atoms with E-state index in [1.165, 1.54) is 0 Å². The van der Waals surface area contributed by atoms with E-state index in [1.807, 2.05) is 26.2 Å². The van der Waals surface area contributed by atoms with Crippen molar-refractivity contribution in [2.24, 2.45) is 0 Å². The van der Waals surface area contributed by atoms with Crippen molar-refractivity contribution >= 4 is 23.0 Å². The third-order valence-corrected chi connectivity index (χ3v) is 3.22. The maximum atomic E-state index is 5.79. The van der Waals surface area contributed by atoms with Crippen LogP contribution in [0.1, 0.15) is 22.1 Å². The van der Waals surface area contributed by atoms with Gasteiger partial charge in [0.2, 0.25) is 0 Å². The van der Waals surface area contributed by atoms with Crippen LogP contribution in [0, 0.1) is 20.8 Å². The summed E-state index contributed by atoms with van der Waals surface area (Å²) in [5, 5.41) is 6.34. The summed E-state index contributed by atoms with van der Waals surface area (Å²) in [5.74, 6) is 1.97. The van der Waals surface area contributed by atoms with Gasteiger partial charge in [0.05, 0.1) is 17.2 Å². The maximum absolute atomic E-state index is 5.79. The highest BCUT2D eigenvalue weighted by Gasteiger charge is 2.06. The largest absolute Gasteiger partial charge is 0.383 e. The molecule has 0 fully saturated rings. The van der Waals surface area contributed by atoms with E-state index in [0.29, 0.717) is 18.2 Å². The van der Waals surface area contributed by atoms with Crippen LogP contribution in [0.15, 0.2) is 5.38 Å². The average Bonchev–Trinajstić information content (AvgIpc) is 2.67. The van der Waals surface area contributed by atoms with Gasteiger partial charge in [-0.25, -0.2) is 15.0 Å². The molecule has 3 N–H and O–H groups in total. The SMILES string of the molecule is Cc1nc(N)c(C)c(NCc2csc(C)n2)n1. The second-order valence-corrected chi connectivity index (χ2v) is 4.90. The fraction of sp³-hybridized carbons (Fsp3) is 0.364. The molecule has 17 heavy (non-hydrogen) atoms. The number of nitrogen functional groups attached to an aromatic ring is 1. The summed E-state index contributed by atoms with van der Waals surface area (Å²) < 4.78 is 0. The molecule has 2 aromatic heterocycles. The molecule has 6 heteroatoms. The molecular formula is C11H15N5S. The number of rotatable bonds is 3. The summed E-state index contributed by atoms with van der Waals surface area (Å²) in [7, 11) is 0. The molecule has 0 bridgehead atoms. The molecule has 0 aliphatic carbocycles. The fourth-order valence-corrected chi connectivity index (χ4v) is 2.10. The third-order valence-electron chi connectivity index (χ3n) is 2.40. The van der Waals surface area contributed by atoms with E-state index in [9.17, 15) is 0 Å². The van der Waals surface area contributed by atoms with Crippen LogP contribution in [0.25, 0.3) is 0 Å². The van der Waals surface area contributed by atoms with E-state index in [-0.39, 0.29) is 0 Å². The van der Waals surface area contributed by atoms with E-state index in [0.717, 1.165) is 22.1 Å². The van der Waals surface area contributed by atoms with E-state index >= 15 is 0 Å². The minimum atomic E-state index is 0.523. The Morgan fingerprint density at radius 3 is 2.65 bits per heavy atom. The van der Waals surface area contributed by atoms with Gasteiger partial charge in [-0.3, -0.25) is 0 Å². The highest BCUT2D eigenvalue weighted by molar-refractivity contribution is 7.09. The number of nitrogens with zero attached hydrogens (tertiary/aromatic N) is 3. The molecule has 0 unspecified atom stereocenters. The first-order chi connectivity index (χ1) is 8.06. The first kappa shape index (κ1) is 11.8. The van der Waals surface area contributed by atoms with Crippen LogP contribution < -0.4 is 11.1 Å². The number of hydrogen-bond acceptors (Lipinski definition) is 6. The maximum Gasteiger partial charge on any atom is 0.135 e. The molecule has 90 valence electrons. The van der Waals surface area contributed by atoms with Crippen molar-refractivity contribution in [2.45, 2.75) is 27.3 Å². The number of nitrogens with two attached hydrogens (primary N) is 1. The molecular weight excluding hydrogens is 234 g/mol. The molecule has 0 radical (unpaired) electrons. The zero-order chi connectivity index (χ0) is 12.4. The molecule has 0 aliphatic heterocycles. The fourth-order valence-electron chi connectivity index (χ4n) is 1.49. The summed E-state index contributed by atoms with van der Waals surface area (Å²) in [4.78, 5) is 12.8. The van der Waals surface area contributed by atoms with Crippen LogP contribution in [0.5, 0.6) is 0 Å². The average molecular weight is 249 g/mol. The van der Waals surface area contributed by atoms with Gasteiger partial charge < -0.3 is 11.1 Å². The monoisotopic (exact) mass is 249 g/mol. The summed E-state index contributed by atoms with van der Waals surface area (Å²) in [6.07, 6.45) is 0. The van der Waals surface area contributed by atoms with Crippen molar-refractivity contribution in [3.05, 3.63) is 27.5 Å². The molecule has 0 aromatic carbocycles. The smallest absolute Gasteiger partial charge is 0.135 e. The van der Waals surface area contributed by atoms with Gasteiger partial charge in [-0.1, -0.05) is 0 Å². The van der Waals surface area contributed by atoms with Gasteiger partial charge in [0.15, 0.2) is 0 Å². The Morgan fingerprint density at radius 1 is 1.24 bits per heavy atom. The molecule has 0 amide bonds. The summed E-state index contributed by atoms with van der Waals surface area (Å²) in [6.45, 7) is 6.38. The van der Waals surface area contributed by atoms with Crippen LogP contribution in [0.2, 0.25) is 0 Å². The van der Waals surface area contributed by atoms with Crippen molar-refractivity contribution < 1.29 is 0 Å². The van der Waals surface area contributed by atoms with Crippen LogP contribution in [-0.4, -0.2) is 15.0 Å². The number of aryl methyl sites for hydroxylation is 2. The number of thiazole rings is 1. The Labute approximate surface area is 104 Å². The molecule has 5 nitrogen and oxygen atoms in total. The highest BCUT2D eigenvalue weighted by Crippen LogP contribution is 2.18. The molecule has 0 aliphatic rings. The third kappa shape index (κ3) is 2.71. The van der Waals surface area contributed by atoms with E-state index in [1.54, 1.807) is 11.3 Å². The molecule has 0 saturated heterocycles. The van der Waals surface area contributed by atoms with Gasteiger partial charge in [0.1, 0.15) is 17.5 Å². The predicted molar refractivity (Wildman–Crippen MR) is 70.1 cm³/mol. The molecule has 2 heterocycles. The molecule has 0 saturated carbocycles. The number of hydrogen-bond donors (Lipinski definition) is 2. The minimum absolute atomic E-state index is 0.523. The topological polar surface area (TPSA) is 76.7 Å². The molecule has 2 rings (SSSR count). The van der Waals surface area contributed by atoms with Crippen molar-refractivity contribution in [1.29, 1.82) is 0 Å². The van der Waals surface area contributed by atoms with Crippen LogP contribution in [0.4, 0.5) is 11.6 Å². The van der Waals surface area contributed by atoms with Gasteiger partial charge in [-0.2, -0.15) is 0 Å². The normalized spacial score (nSPS) is 10.5. The first-order valence-electron chi connectivity index (χ1n) is 5.32. The molecule has 0 spiro atoms. The van der Waals surface area contributed by atoms with E-state index < -0.39 is 0 Å². The second-order valence-electron chi connectivity index (χ2n) is 3.84. The lowest BCUT2D eigenvalue weighted by molar-refractivity contribution is 0.989. The highest BCUT2D eigenvalue weighted by atomic mass is 32.1. The Kier molecular flexibility index (Phi) is 3.23. The summed E-state index contributed by atoms with van der Waals surface area (Å²) in [5.41, 5.74) is 7.68. The Bertz CT molecular complexity index is 535. The van der Waals surface area contributed by atoms with Gasteiger partial charge in [0.25, 0.3) is 0 Å². The Hall–Kier alpha value is -1.69. The van der Waals surface area contributed by atoms with Crippen molar-refractivity contribution in [3.8, 4) is 0 Å². The van der Waals surface area contributed by atoms with Crippen molar-refractivity contribution in [1.82, 2.24) is 15.0 Å². The lowest BCUT2D eigenvalue weighted by atomic mass is 10.3. The van der Waals surface area contributed by atoms with Gasteiger partial charge >= 0.3 is 0 Å². The van der Waals surface area contributed by atoms with Gasteiger partial charge in [-0.15, -0.1) is 11.3 Å². The van der Waals surface area contributed by atoms with Crippen LogP contribution in [-0.2, 0) is 6.54 Å². The first-order valence-corrected chi connectivity index (χ1v) is 6.20. The predicted octanol–water partition coefficient (Wildman–Crippen LogP) is 2.05. The quantitative estimate of drug-likeness (QED) is 0.870. The second kappa shape index (κ2) is 4.67. The molecule has 2 aromatic rings. The van der Waals surface area contributed by atoms with Crippen molar-refractivity contribution in [2.75, 3.05) is 11.1 Å². The molecule has 0 atom stereocenters. The Balaban J connectivity index is 2.14. The zero-order valence-electron chi connectivity index (χ0n) is 10.1. The lowest BCUT2D eigenvalue weighted by Crippen LogP contribution is -2.08. The van der Waals surface area contributed by atoms with Crippen LogP contribution in [0.3, 0.4) is 0 Å². The zero-order valence-corrected chi connectivity index (χ0v) is 10.9. The lowest BCUT2D eigenvalue weighted by Gasteiger charge is -2.09. The number of nitrogens with one attached hydrogen (secondary N) is 1. The van der Waals surface area contributed by atoms with E-state index in [4.69, 9.17) is 5.73 Å². The number of aromatic nitrogens is 3. The van der Waals surface area contributed by atoms with Gasteiger partial charge in [0, 0.05) is 10.9 Å². The van der Waals surface area contributed by atoms with E-state index in [2.05, 4.69) is 20.3 Å². The van der Waals surface area contributed by atoms with Crippen LogP contribution >= 0.6 is 11.3 Å².